The topological polar surface area (TPSA) is 68.9 Å². The Hall–Kier alpha value is -2.95. The minimum absolute atomic E-state index is 0.120. The third-order valence-electron chi connectivity index (χ3n) is 4.48. The molecule has 128 valence electrons. The van der Waals surface area contributed by atoms with E-state index in [1.54, 1.807) is 25.1 Å². The van der Waals surface area contributed by atoms with Gasteiger partial charge in [0, 0.05) is 6.07 Å². The molecule has 0 saturated carbocycles. The number of rotatable bonds is 2. The number of hydrogen-bond acceptors (Lipinski definition) is 5. The molecule has 25 heavy (non-hydrogen) atoms. The molecule has 2 heterocycles. The summed E-state index contributed by atoms with van der Waals surface area (Å²) in [6.07, 6.45) is 0.633. The zero-order valence-electron chi connectivity index (χ0n) is 14.1. The van der Waals surface area contributed by atoms with Crippen LogP contribution in [0.15, 0.2) is 39.5 Å². The standard InChI is InChI=1S/C20H18O5/c1-3-12-8-14-17(10-15(12)21)25-11(2)19(20(14)22)13-4-5-16-18(9-13)24-7-6-23-16/h4-5,8-10,21H,3,6-7H2,1-2H3. The fraction of sp³-hybridized carbons (Fsp3) is 0.250. The molecule has 5 heteroatoms. The van der Waals surface area contributed by atoms with Crippen LogP contribution < -0.4 is 14.9 Å². The average molecular weight is 338 g/mol. The van der Waals surface area contributed by atoms with Crippen molar-refractivity contribution in [3.8, 4) is 28.4 Å². The van der Waals surface area contributed by atoms with Crippen molar-refractivity contribution < 1.29 is 19.0 Å². The fourth-order valence-corrected chi connectivity index (χ4v) is 3.20. The quantitative estimate of drug-likeness (QED) is 0.769. The highest BCUT2D eigenvalue weighted by Crippen LogP contribution is 2.35. The molecule has 4 rings (SSSR count). The van der Waals surface area contributed by atoms with Crippen LogP contribution in [0, 0.1) is 6.92 Å². The summed E-state index contributed by atoms with van der Waals surface area (Å²) >= 11 is 0. The highest BCUT2D eigenvalue weighted by Gasteiger charge is 2.18. The number of aromatic hydroxyl groups is 1. The van der Waals surface area contributed by atoms with Crippen LogP contribution in [0.25, 0.3) is 22.1 Å². The molecule has 0 fully saturated rings. The van der Waals surface area contributed by atoms with Gasteiger partial charge in [0.2, 0.25) is 5.43 Å². The van der Waals surface area contributed by atoms with Crippen LogP contribution >= 0.6 is 0 Å². The monoisotopic (exact) mass is 338 g/mol. The predicted molar refractivity (Wildman–Crippen MR) is 94.7 cm³/mol. The van der Waals surface area contributed by atoms with Gasteiger partial charge in [-0.15, -0.1) is 0 Å². The van der Waals surface area contributed by atoms with Gasteiger partial charge in [-0.25, -0.2) is 0 Å². The first-order chi connectivity index (χ1) is 12.1. The van der Waals surface area contributed by atoms with Crippen LogP contribution in [0.2, 0.25) is 0 Å². The zero-order valence-corrected chi connectivity index (χ0v) is 14.1. The van der Waals surface area contributed by atoms with Gasteiger partial charge in [0.25, 0.3) is 0 Å². The summed E-state index contributed by atoms with van der Waals surface area (Å²) in [4.78, 5) is 13.1. The lowest BCUT2D eigenvalue weighted by molar-refractivity contribution is 0.171. The molecule has 1 N–H and O–H groups in total. The van der Waals surface area contributed by atoms with Crippen molar-refractivity contribution in [2.24, 2.45) is 0 Å². The Bertz CT molecular complexity index is 1030. The largest absolute Gasteiger partial charge is 0.508 e. The first kappa shape index (κ1) is 15.6. The van der Waals surface area contributed by atoms with Crippen molar-refractivity contribution >= 4 is 11.0 Å². The highest BCUT2D eigenvalue weighted by atomic mass is 16.6. The number of phenolic OH excluding ortho intramolecular Hbond substituents is 1. The number of ether oxygens (including phenoxy) is 2. The summed E-state index contributed by atoms with van der Waals surface area (Å²) in [5.74, 6) is 1.95. The SMILES string of the molecule is CCc1cc2c(=O)c(-c3ccc4c(c3)OCCO4)c(C)oc2cc1O. The Morgan fingerprint density at radius 2 is 1.84 bits per heavy atom. The van der Waals surface area contributed by atoms with Crippen molar-refractivity contribution in [2.75, 3.05) is 13.2 Å². The van der Waals surface area contributed by atoms with Gasteiger partial charge in [-0.05, 0) is 42.7 Å². The van der Waals surface area contributed by atoms with Gasteiger partial charge in [0.15, 0.2) is 11.5 Å². The Kier molecular flexibility index (Phi) is 3.64. The van der Waals surface area contributed by atoms with E-state index < -0.39 is 0 Å². The molecule has 5 nitrogen and oxygen atoms in total. The summed E-state index contributed by atoms with van der Waals surface area (Å²) in [6, 6.07) is 8.66. The lowest BCUT2D eigenvalue weighted by Gasteiger charge is -2.19. The lowest BCUT2D eigenvalue weighted by Crippen LogP contribution is -2.15. The smallest absolute Gasteiger partial charge is 0.200 e. The Morgan fingerprint density at radius 3 is 2.60 bits per heavy atom. The molecule has 1 aliphatic rings. The van der Waals surface area contributed by atoms with E-state index in [0.717, 1.165) is 11.1 Å². The molecule has 0 unspecified atom stereocenters. The third kappa shape index (κ3) is 2.52. The van der Waals surface area contributed by atoms with Crippen molar-refractivity contribution in [3.63, 3.8) is 0 Å². The molecule has 3 aromatic rings. The molecule has 0 atom stereocenters. The van der Waals surface area contributed by atoms with E-state index >= 15 is 0 Å². The van der Waals surface area contributed by atoms with Crippen LogP contribution in [-0.4, -0.2) is 18.3 Å². The van der Waals surface area contributed by atoms with E-state index in [0.29, 0.717) is 53.4 Å². The van der Waals surface area contributed by atoms with Crippen molar-refractivity contribution in [1.29, 1.82) is 0 Å². The van der Waals surface area contributed by atoms with Gasteiger partial charge in [0.1, 0.15) is 30.3 Å². The second-order valence-corrected chi connectivity index (χ2v) is 6.05. The maximum Gasteiger partial charge on any atom is 0.200 e. The summed E-state index contributed by atoms with van der Waals surface area (Å²) in [5.41, 5.74) is 2.21. The lowest BCUT2D eigenvalue weighted by atomic mass is 10.0. The maximum absolute atomic E-state index is 13.1. The van der Waals surface area contributed by atoms with Gasteiger partial charge >= 0.3 is 0 Å². The molecule has 0 spiro atoms. The Labute approximate surface area is 144 Å². The summed E-state index contributed by atoms with van der Waals surface area (Å²) in [6.45, 7) is 4.68. The van der Waals surface area contributed by atoms with E-state index in [4.69, 9.17) is 13.9 Å². The maximum atomic E-state index is 13.1. The molecule has 0 saturated heterocycles. The minimum Gasteiger partial charge on any atom is -0.508 e. The van der Waals surface area contributed by atoms with Crippen LogP contribution in [0.3, 0.4) is 0 Å². The van der Waals surface area contributed by atoms with E-state index in [2.05, 4.69) is 0 Å². The summed E-state index contributed by atoms with van der Waals surface area (Å²) in [7, 11) is 0. The fourth-order valence-electron chi connectivity index (χ4n) is 3.20. The van der Waals surface area contributed by atoms with E-state index in [1.807, 2.05) is 13.0 Å². The van der Waals surface area contributed by atoms with Crippen LogP contribution in [-0.2, 0) is 6.42 Å². The number of phenols is 1. The van der Waals surface area contributed by atoms with Crippen molar-refractivity contribution in [2.45, 2.75) is 20.3 Å². The van der Waals surface area contributed by atoms with E-state index in [1.165, 1.54) is 6.07 Å². The van der Waals surface area contributed by atoms with Crippen LogP contribution in [0.4, 0.5) is 0 Å². The second-order valence-electron chi connectivity index (χ2n) is 6.05. The van der Waals surface area contributed by atoms with Crippen molar-refractivity contribution in [1.82, 2.24) is 0 Å². The van der Waals surface area contributed by atoms with Gasteiger partial charge in [-0.2, -0.15) is 0 Å². The molecule has 0 aliphatic carbocycles. The first-order valence-electron chi connectivity index (χ1n) is 8.27. The minimum atomic E-state index is -0.120. The summed E-state index contributed by atoms with van der Waals surface area (Å²) in [5, 5.41) is 10.5. The molecule has 0 amide bonds. The van der Waals surface area contributed by atoms with E-state index in [9.17, 15) is 9.90 Å². The number of hydrogen-bond donors (Lipinski definition) is 1. The van der Waals surface area contributed by atoms with Gasteiger partial charge < -0.3 is 19.0 Å². The molecule has 1 aromatic heterocycles. The van der Waals surface area contributed by atoms with Gasteiger partial charge in [0.05, 0.1) is 10.9 Å². The number of aryl methyl sites for hydroxylation is 2. The third-order valence-corrected chi connectivity index (χ3v) is 4.48. The molecular formula is C20H18O5. The normalized spacial score (nSPS) is 13.2. The number of benzene rings is 2. The zero-order chi connectivity index (χ0) is 17.6. The second kappa shape index (κ2) is 5.84. The summed E-state index contributed by atoms with van der Waals surface area (Å²) < 4.78 is 17.0. The van der Waals surface area contributed by atoms with Gasteiger partial charge in [-0.3, -0.25) is 4.79 Å². The highest BCUT2D eigenvalue weighted by molar-refractivity contribution is 5.85. The predicted octanol–water partition coefficient (Wildman–Crippen LogP) is 3.81. The molecule has 0 radical (unpaired) electrons. The molecule has 1 aliphatic heterocycles. The molecular weight excluding hydrogens is 320 g/mol. The van der Waals surface area contributed by atoms with Gasteiger partial charge in [-0.1, -0.05) is 13.0 Å². The molecule has 2 aromatic carbocycles. The van der Waals surface area contributed by atoms with Crippen molar-refractivity contribution in [3.05, 3.63) is 51.9 Å². The average Bonchev–Trinajstić information content (AvgIpc) is 2.61. The van der Waals surface area contributed by atoms with Crippen LogP contribution in [0.1, 0.15) is 18.2 Å². The Balaban J connectivity index is 1.95. The Morgan fingerprint density at radius 1 is 1.08 bits per heavy atom. The van der Waals surface area contributed by atoms with E-state index in [-0.39, 0.29) is 11.2 Å². The van der Waals surface area contributed by atoms with Crippen LogP contribution in [0.5, 0.6) is 17.2 Å². The molecule has 0 bridgehead atoms. The number of fused-ring (bicyclic) bond motifs is 2. The first-order valence-corrected chi connectivity index (χ1v) is 8.27.